The zero-order valence-electron chi connectivity index (χ0n) is 8.24. The Bertz CT molecular complexity index is 436. The van der Waals surface area contributed by atoms with Gasteiger partial charge in [0.05, 0.1) is 10.5 Å². The van der Waals surface area contributed by atoms with E-state index < -0.39 is 0 Å². The smallest absolute Gasteiger partial charge is 0.0794 e. The molecule has 0 aliphatic heterocycles. The van der Waals surface area contributed by atoms with Crippen LogP contribution in [0.15, 0.2) is 17.1 Å². The second kappa shape index (κ2) is 4.61. The number of thiophene rings is 1. The van der Waals surface area contributed by atoms with E-state index in [0.717, 1.165) is 21.9 Å². The SMILES string of the molecule is Cc1csc(C(N)Cc2cncs2)c1Cl. The fourth-order valence-corrected chi connectivity index (χ4v) is 3.34. The number of rotatable bonds is 3. The van der Waals surface area contributed by atoms with Gasteiger partial charge in [-0.05, 0) is 17.9 Å². The first kappa shape index (κ1) is 11.1. The first-order valence-electron chi connectivity index (χ1n) is 4.55. The second-order valence-electron chi connectivity index (χ2n) is 3.38. The Hall–Kier alpha value is -0.420. The summed E-state index contributed by atoms with van der Waals surface area (Å²) >= 11 is 9.42. The summed E-state index contributed by atoms with van der Waals surface area (Å²) in [5, 5.41) is 2.86. The van der Waals surface area contributed by atoms with Crippen LogP contribution in [0.5, 0.6) is 0 Å². The zero-order chi connectivity index (χ0) is 10.8. The highest BCUT2D eigenvalue weighted by Gasteiger charge is 2.15. The van der Waals surface area contributed by atoms with Crippen molar-refractivity contribution >= 4 is 34.3 Å². The van der Waals surface area contributed by atoms with Gasteiger partial charge in [-0.1, -0.05) is 11.6 Å². The molecule has 5 heteroatoms. The fraction of sp³-hybridized carbons (Fsp3) is 0.300. The molecule has 80 valence electrons. The lowest BCUT2D eigenvalue weighted by atomic mass is 10.1. The summed E-state index contributed by atoms with van der Waals surface area (Å²) in [4.78, 5) is 6.30. The van der Waals surface area contributed by atoms with E-state index in [1.54, 1.807) is 22.7 Å². The molecule has 15 heavy (non-hydrogen) atoms. The molecule has 2 rings (SSSR count). The summed E-state index contributed by atoms with van der Waals surface area (Å²) in [7, 11) is 0. The molecule has 2 aromatic heterocycles. The van der Waals surface area contributed by atoms with Crippen LogP contribution in [0.25, 0.3) is 0 Å². The van der Waals surface area contributed by atoms with Crippen molar-refractivity contribution in [1.82, 2.24) is 4.98 Å². The summed E-state index contributed by atoms with van der Waals surface area (Å²) in [6.07, 6.45) is 2.67. The van der Waals surface area contributed by atoms with E-state index in [9.17, 15) is 0 Å². The van der Waals surface area contributed by atoms with Crippen LogP contribution in [0.1, 0.15) is 21.4 Å². The van der Waals surface area contributed by atoms with Gasteiger partial charge in [-0.25, -0.2) is 0 Å². The normalized spacial score (nSPS) is 13.0. The van der Waals surface area contributed by atoms with Crippen LogP contribution in [-0.4, -0.2) is 4.98 Å². The minimum absolute atomic E-state index is 0.0170. The van der Waals surface area contributed by atoms with Gasteiger partial charge in [0.25, 0.3) is 0 Å². The molecule has 2 aromatic rings. The van der Waals surface area contributed by atoms with Crippen LogP contribution in [0.4, 0.5) is 0 Å². The third-order valence-corrected chi connectivity index (χ3v) is 4.81. The number of hydrogen-bond donors (Lipinski definition) is 1. The van der Waals surface area contributed by atoms with Gasteiger partial charge >= 0.3 is 0 Å². The summed E-state index contributed by atoms with van der Waals surface area (Å²) < 4.78 is 0. The van der Waals surface area contributed by atoms with Crippen molar-refractivity contribution in [3.05, 3.63) is 37.4 Å². The van der Waals surface area contributed by atoms with E-state index in [0.29, 0.717) is 0 Å². The zero-order valence-corrected chi connectivity index (χ0v) is 10.6. The molecule has 0 saturated carbocycles. The average Bonchev–Trinajstić information content (AvgIpc) is 2.79. The van der Waals surface area contributed by atoms with E-state index in [2.05, 4.69) is 4.98 Å². The van der Waals surface area contributed by atoms with Gasteiger partial charge in [0.1, 0.15) is 0 Å². The quantitative estimate of drug-likeness (QED) is 0.916. The molecule has 0 aliphatic carbocycles. The molecule has 1 unspecified atom stereocenters. The van der Waals surface area contributed by atoms with Crippen LogP contribution in [0.3, 0.4) is 0 Å². The van der Waals surface area contributed by atoms with E-state index in [-0.39, 0.29) is 6.04 Å². The minimum atomic E-state index is -0.0170. The third kappa shape index (κ3) is 2.39. The van der Waals surface area contributed by atoms with Gasteiger partial charge in [0, 0.05) is 28.4 Å². The molecular formula is C10H11ClN2S2. The largest absolute Gasteiger partial charge is 0.323 e. The van der Waals surface area contributed by atoms with E-state index in [1.165, 1.54) is 4.88 Å². The molecule has 0 radical (unpaired) electrons. The highest BCUT2D eigenvalue weighted by atomic mass is 35.5. The summed E-state index contributed by atoms with van der Waals surface area (Å²) in [5.74, 6) is 0. The molecular weight excluding hydrogens is 248 g/mol. The maximum atomic E-state index is 6.16. The number of aromatic nitrogens is 1. The molecule has 2 heterocycles. The van der Waals surface area contributed by atoms with Gasteiger partial charge in [0.2, 0.25) is 0 Å². The van der Waals surface area contributed by atoms with Crippen LogP contribution in [-0.2, 0) is 6.42 Å². The Morgan fingerprint density at radius 1 is 1.53 bits per heavy atom. The Morgan fingerprint density at radius 3 is 2.87 bits per heavy atom. The van der Waals surface area contributed by atoms with Gasteiger partial charge < -0.3 is 5.73 Å². The summed E-state index contributed by atoms with van der Waals surface area (Å²) in [6, 6.07) is -0.0170. The molecule has 0 spiro atoms. The Kier molecular flexibility index (Phi) is 3.41. The van der Waals surface area contributed by atoms with Gasteiger partial charge in [-0.2, -0.15) is 0 Å². The lowest BCUT2D eigenvalue weighted by molar-refractivity contribution is 0.744. The van der Waals surface area contributed by atoms with Crippen molar-refractivity contribution in [2.75, 3.05) is 0 Å². The fourth-order valence-electron chi connectivity index (χ4n) is 1.35. The molecule has 0 fully saturated rings. The van der Waals surface area contributed by atoms with Gasteiger partial charge in [-0.3, -0.25) is 4.98 Å². The lowest BCUT2D eigenvalue weighted by Crippen LogP contribution is -2.11. The van der Waals surface area contributed by atoms with Crippen molar-refractivity contribution in [1.29, 1.82) is 0 Å². The van der Waals surface area contributed by atoms with Crippen molar-refractivity contribution in [2.24, 2.45) is 5.73 Å². The maximum Gasteiger partial charge on any atom is 0.0794 e. The minimum Gasteiger partial charge on any atom is -0.323 e. The topological polar surface area (TPSA) is 38.9 Å². The number of halogens is 1. The molecule has 1 atom stereocenters. The van der Waals surface area contributed by atoms with Crippen LogP contribution < -0.4 is 5.73 Å². The summed E-state index contributed by atoms with van der Waals surface area (Å²) in [5.41, 5.74) is 9.04. The van der Waals surface area contributed by atoms with E-state index >= 15 is 0 Å². The Labute approximate surface area is 102 Å². The predicted molar refractivity (Wildman–Crippen MR) is 66.8 cm³/mol. The van der Waals surface area contributed by atoms with Crippen molar-refractivity contribution in [3.63, 3.8) is 0 Å². The van der Waals surface area contributed by atoms with Crippen molar-refractivity contribution in [2.45, 2.75) is 19.4 Å². The van der Waals surface area contributed by atoms with Gasteiger partial charge in [-0.15, -0.1) is 22.7 Å². The van der Waals surface area contributed by atoms with Gasteiger partial charge in [0.15, 0.2) is 0 Å². The molecule has 2 nitrogen and oxygen atoms in total. The molecule has 0 amide bonds. The summed E-state index contributed by atoms with van der Waals surface area (Å²) in [6.45, 7) is 2.00. The average molecular weight is 259 g/mol. The number of aryl methyl sites for hydroxylation is 1. The maximum absolute atomic E-state index is 6.16. The lowest BCUT2D eigenvalue weighted by Gasteiger charge is -2.08. The second-order valence-corrected chi connectivity index (χ2v) is 5.64. The highest BCUT2D eigenvalue weighted by Crippen LogP contribution is 2.33. The molecule has 0 aromatic carbocycles. The standard InChI is InChI=1S/C10H11ClN2S2/c1-6-4-14-10(9(6)11)8(12)2-7-3-13-5-15-7/h3-5,8H,2,12H2,1H3. The Balaban J connectivity index is 2.14. The van der Waals surface area contributed by atoms with Crippen LogP contribution >= 0.6 is 34.3 Å². The molecule has 2 N–H and O–H groups in total. The monoisotopic (exact) mass is 258 g/mol. The number of nitrogens with two attached hydrogens (primary N) is 1. The highest BCUT2D eigenvalue weighted by molar-refractivity contribution is 7.11. The molecule has 0 bridgehead atoms. The molecule has 0 saturated heterocycles. The number of thiazole rings is 1. The van der Waals surface area contributed by atoms with Crippen molar-refractivity contribution in [3.8, 4) is 0 Å². The van der Waals surface area contributed by atoms with E-state index in [1.807, 2.05) is 24.0 Å². The van der Waals surface area contributed by atoms with Crippen LogP contribution in [0.2, 0.25) is 5.02 Å². The van der Waals surface area contributed by atoms with Crippen molar-refractivity contribution < 1.29 is 0 Å². The van der Waals surface area contributed by atoms with E-state index in [4.69, 9.17) is 17.3 Å². The first-order valence-corrected chi connectivity index (χ1v) is 6.68. The Morgan fingerprint density at radius 2 is 2.33 bits per heavy atom. The van der Waals surface area contributed by atoms with Crippen LogP contribution in [0, 0.1) is 6.92 Å². The molecule has 0 aliphatic rings. The first-order chi connectivity index (χ1) is 7.18. The third-order valence-electron chi connectivity index (χ3n) is 2.17. The predicted octanol–water partition coefficient (Wildman–Crippen LogP) is 3.41. The number of hydrogen-bond acceptors (Lipinski definition) is 4. The number of nitrogens with zero attached hydrogens (tertiary/aromatic N) is 1.